The maximum atomic E-state index is 13.1. The van der Waals surface area contributed by atoms with Crippen LogP contribution in [-0.2, 0) is 23.9 Å². The predicted molar refractivity (Wildman–Crippen MR) is 126 cm³/mol. The van der Waals surface area contributed by atoms with Gasteiger partial charge in [-0.1, -0.05) is 52.3 Å². The van der Waals surface area contributed by atoms with Gasteiger partial charge in [0.1, 0.15) is 5.78 Å². The molecule has 2 heterocycles. The van der Waals surface area contributed by atoms with Crippen LogP contribution in [0.2, 0.25) is 0 Å². The van der Waals surface area contributed by atoms with Crippen LogP contribution in [0.15, 0.2) is 30.3 Å². The Kier molecular flexibility index (Phi) is 8.49. The molecule has 0 bridgehead atoms. The maximum Gasteiger partial charge on any atom is 0.309 e. The summed E-state index contributed by atoms with van der Waals surface area (Å²) in [5, 5.41) is 24.2. The number of para-hydroxylation sites is 1. The van der Waals surface area contributed by atoms with Gasteiger partial charge in [0.05, 0.1) is 36.3 Å². The lowest BCUT2D eigenvalue weighted by atomic mass is 9.73. The molecule has 3 rings (SSSR count). The summed E-state index contributed by atoms with van der Waals surface area (Å²) in [5.41, 5.74) is -0.694. The van der Waals surface area contributed by atoms with Crippen molar-refractivity contribution >= 4 is 23.3 Å². The molecule has 0 spiro atoms. The molecule has 2 saturated heterocycles. The third kappa shape index (κ3) is 6.43. The number of carbonyl (C=O) groups is 3. The Morgan fingerprint density at radius 1 is 1.06 bits per heavy atom. The highest BCUT2D eigenvalue weighted by Gasteiger charge is 2.45. The third-order valence-electron chi connectivity index (χ3n) is 7.23. The van der Waals surface area contributed by atoms with Crippen molar-refractivity contribution in [1.82, 2.24) is 0 Å². The molecule has 2 aliphatic rings. The molecule has 8 nitrogen and oxygen atoms in total. The minimum absolute atomic E-state index is 0.0356. The Balaban J connectivity index is 1.77. The van der Waals surface area contributed by atoms with Crippen molar-refractivity contribution in [3.63, 3.8) is 0 Å². The molecule has 7 atom stereocenters. The van der Waals surface area contributed by atoms with E-state index in [-0.39, 0.29) is 30.3 Å². The van der Waals surface area contributed by atoms with Gasteiger partial charge in [-0.3, -0.25) is 14.4 Å². The van der Waals surface area contributed by atoms with Crippen LogP contribution in [0.3, 0.4) is 0 Å². The van der Waals surface area contributed by atoms with Crippen molar-refractivity contribution in [2.24, 2.45) is 17.3 Å². The number of anilines is 1. The van der Waals surface area contributed by atoms with Crippen LogP contribution in [0.5, 0.6) is 0 Å². The first-order valence-corrected chi connectivity index (χ1v) is 12.1. The fourth-order valence-electron chi connectivity index (χ4n) is 4.63. The van der Waals surface area contributed by atoms with Crippen LogP contribution in [0, 0.1) is 17.3 Å². The molecule has 188 valence electrons. The number of hydrogen-bond donors (Lipinski definition) is 3. The minimum atomic E-state index is -1.33. The van der Waals surface area contributed by atoms with Gasteiger partial charge in [0, 0.05) is 18.0 Å². The number of ketones is 1. The standard InChI is InChI=1S/C26H37NO7/c1-15-9-8-12-18-19(33-18)13-20(25(32)27-17-10-6-5-7-11-17)34-22(29)14-21(28)26(3,4)24(31)16(2)23(15)30/h5-7,10-11,15-16,18-21,23,28,30H,8-9,12-14H2,1-4H3,(H,27,32)/t15-,16+,18+,19+,20-,21-,23-/m1/s1. The van der Waals surface area contributed by atoms with E-state index in [1.807, 2.05) is 13.0 Å². The summed E-state index contributed by atoms with van der Waals surface area (Å²) >= 11 is 0. The molecule has 0 aliphatic carbocycles. The highest BCUT2D eigenvalue weighted by Crippen LogP contribution is 2.35. The second-order valence-electron chi connectivity index (χ2n) is 10.3. The van der Waals surface area contributed by atoms with E-state index in [2.05, 4.69) is 5.32 Å². The number of aliphatic hydroxyl groups is 2. The van der Waals surface area contributed by atoms with E-state index in [9.17, 15) is 24.6 Å². The van der Waals surface area contributed by atoms with Crippen molar-refractivity contribution in [2.45, 2.75) is 90.3 Å². The molecule has 3 N–H and O–H groups in total. The van der Waals surface area contributed by atoms with Crippen LogP contribution >= 0.6 is 0 Å². The summed E-state index contributed by atoms with van der Waals surface area (Å²) in [5.74, 6) is -2.36. The predicted octanol–water partition coefficient (Wildman–Crippen LogP) is 2.86. The number of cyclic esters (lactones) is 1. The van der Waals surface area contributed by atoms with Gasteiger partial charge in [-0.25, -0.2) is 0 Å². The zero-order valence-electron chi connectivity index (χ0n) is 20.4. The molecule has 0 saturated carbocycles. The number of esters is 1. The Hall–Kier alpha value is -2.29. The highest BCUT2D eigenvalue weighted by atomic mass is 16.6. The molecule has 8 heteroatoms. The Labute approximate surface area is 201 Å². The summed E-state index contributed by atoms with van der Waals surface area (Å²) in [6, 6.07) is 8.88. The number of ether oxygens (including phenoxy) is 2. The second kappa shape index (κ2) is 11.0. The van der Waals surface area contributed by atoms with Crippen LogP contribution in [0.25, 0.3) is 0 Å². The number of carbonyl (C=O) groups excluding carboxylic acids is 3. The molecular weight excluding hydrogens is 438 g/mol. The molecule has 0 radical (unpaired) electrons. The molecular formula is C26H37NO7. The normalized spacial score (nSPS) is 35.1. The van der Waals surface area contributed by atoms with E-state index in [4.69, 9.17) is 9.47 Å². The zero-order valence-corrected chi connectivity index (χ0v) is 20.4. The lowest BCUT2D eigenvalue weighted by Gasteiger charge is -2.34. The summed E-state index contributed by atoms with van der Waals surface area (Å²) < 4.78 is 11.2. The van der Waals surface area contributed by atoms with Gasteiger partial charge in [0.2, 0.25) is 0 Å². The zero-order chi connectivity index (χ0) is 25.0. The second-order valence-corrected chi connectivity index (χ2v) is 10.3. The van der Waals surface area contributed by atoms with Gasteiger partial charge in [-0.2, -0.15) is 0 Å². The van der Waals surface area contributed by atoms with Crippen LogP contribution in [0.4, 0.5) is 5.69 Å². The summed E-state index contributed by atoms with van der Waals surface area (Å²) in [4.78, 5) is 38.7. The van der Waals surface area contributed by atoms with Crippen molar-refractivity contribution in [2.75, 3.05) is 5.32 Å². The first kappa shape index (κ1) is 26.3. The SMILES string of the molecule is C[C@@H]1CCC[C@@H]2O[C@H]2C[C@H](C(=O)Nc2ccccc2)OC(=O)C[C@@H](O)C(C)(C)C(=O)[C@@H](C)[C@@H]1O. The molecule has 34 heavy (non-hydrogen) atoms. The van der Waals surface area contributed by atoms with E-state index in [0.717, 1.165) is 19.3 Å². The number of benzene rings is 1. The minimum Gasteiger partial charge on any atom is -0.452 e. The number of aliphatic hydroxyl groups excluding tert-OH is 2. The first-order chi connectivity index (χ1) is 16.0. The van der Waals surface area contributed by atoms with E-state index in [1.165, 1.54) is 0 Å². The molecule has 2 aliphatic heterocycles. The Morgan fingerprint density at radius 3 is 2.41 bits per heavy atom. The van der Waals surface area contributed by atoms with Gasteiger partial charge in [0.25, 0.3) is 5.91 Å². The lowest BCUT2D eigenvalue weighted by molar-refractivity contribution is -0.159. The molecule has 1 aromatic carbocycles. The van der Waals surface area contributed by atoms with Gasteiger partial charge in [-0.15, -0.1) is 0 Å². The first-order valence-electron chi connectivity index (χ1n) is 12.1. The van der Waals surface area contributed by atoms with Crippen molar-refractivity contribution in [3.05, 3.63) is 30.3 Å². The largest absolute Gasteiger partial charge is 0.452 e. The smallest absolute Gasteiger partial charge is 0.309 e. The number of hydrogen-bond acceptors (Lipinski definition) is 7. The number of amides is 1. The molecule has 1 amide bonds. The van der Waals surface area contributed by atoms with E-state index >= 15 is 0 Å². The van der Waals surface area contributed by atoms with Gasteiger partial charge < -0.3 is 25.0 Å². The van der Waals surface area contributed by atoms with Crippen molar-refractivity contribution in [1.29, 1.82) is 0 Å². The van der Waals surface area contributed by atoms with Crippen molar-refractivity contribution < 1.29 is 34.1 Å². The summed E-state index contributed by atoms with van der Waals surface area (Å²) in [6.45, 7) is 6.69. The average molecular weight is 476 g/mol. The quantitative estimate of drug-likeness (QED) is 0.444. The van der Waals surface area contributed by atoms with E-state index in [0.29, 0.717) is 5.69 Å². The van der Waals surface area contributed by atoms with Crippen molar-refractivity contribution in [3.8, 4) is 0 Å². The number of epoxide rings is 1. The number of nitrogens with one attached hydrogen (secondary N) is 1. The van der Waals surface area contributed by atoms with Gasteiger partial charge >= 0.3 is 5.97 Å². The number of Topliss-reactive ketones (excluding diaryl/α,β-unsaturated/α-hetero) is 1. The molecule has 0 unspecified atom stereocenters. The number of fused-ring (bicyclic) bond motifs is 1. The number of rotatable bonds is 2. The van der Waals surface area contributed by atoms with Crippen LogP contribution in [-0.4, -0.2) is 58.4 Å². The average Bonchev–Trinajstić information content (AvgIpc) is 3.54. The van der Waals surface area contributed by atoms with Gasteiger partial charge in [-0.05, 0) is 30.9 Å². The Bertz CT molecular complexity index is 871. The molecule has 2 fully saturated rings. The third-order valence-corrected chi connectivity index (χ3v) is 7.23. The summed E-state index contributed by atoms with van der Waals surface area (Å²) in [6.07, 6.45) is -1.44. The topological polar surface area (TPSA) is 125 Å². The maximum absolute atomic E-state index is 13.1. The molecule has 0 aromatic heterocycles. The highest BCUT2D eigenvalue weighted by molar-refractivity contribution is 5.95. The summed E-state index contributed by atoms with van der Waals surface area (Å²) in [7, 11) is 0. The van der Waals surface area contributed by atoms with Gasteiger partial charge in [0.15, 0.2) is 6.10 Å². The lowest BCUT2D eigenvalue weighted by Crippen LogP contribution is -2.46. The van der Waals surface area contributed by atoms with Crippen LogP contribution in [0.1, 0.15) is 59.8 Å². The van der Waals surface area contributed by atoms with Crippen LogP contribution < -0.4 is 5.32 Å². The fraction of sp³-hybridized carbons (Fsp3) is 0.654. The fourth-order valence-corrected chi connectivity index (χ4v) is 4.63. The van der Waals surface area contributed by atoms with E-state index < -0.39 is 47.9 Å². The Morgan fingerprint density at radius 2 is 1.74 bits per heavy atom. The molecule has 1 aromatic rings. The van der Waals surface area contributed by atoms with E-state index in [1.54, 1.807) is 45.0 Å². The monoisotopic (exact) mass is 475 g/mol.